The first-order chi connectivity index (χ1) is 9.74. The number of hydrogen-bond acceptors (Lipinski definition) is 3. The van der Waals surface area contributed by atoms with Crippen molar-refractivity contribution in [3.63, 3.8) is 0 Å². The fraction of sp³-hybridized carbons (Fsp3) is 0.200. The predicted octanol–water partition coefficient (Wildman–Crippen LogP) is 3.34. The molecule has 1 atom stereocenters. The van der Waals surface area contributed by atoms with E-state index in [9.17, 15) is 0 Å². The molecule has 0 aliphatic rings. The first-order valence-corrected chi connectivity index (χ1v) is 7.29. The molecule has 3 aromatic rings. The van der Waals surface area contributed by atoms with E-state index < -0.39 is 0 Å². The molecule has 3 aromatic heterocycles. The van der Waals surface area contributed by atoms with Gasteiger partial charge in [0, 0.05) is 29.5 Å². The highest BCUT2D eigenvalue weighted by molar-refractivity contribution is 9.10. The number of halogens is 1. The number of nitrogens with zero attached hydrogens (tertiary/aromatic N) is 3. The lowest BCUT2D eigenvalue weighted by Gasteiger charge is -2.12. The average molecular weight is 331 g/mol. The van der Waals surface area contributed by atoms with Gasteiger partial charge in [-0.05, 0) is 47.1 Å². The Hall–Kier alpha value is -1.72. The number of pyridine rings is 2. The number of aromatic nitrogens is 3. The molecule has 102 valence electrons. The summed E-state index contributed by atoms with van der Waals surface area (Å²) >= 11 is 3.49. The van der Waals surface area contributed by atoms with Gasteiger partial charge in [-0.25, -0.2) is 4.98 Å². The van der Waals surface area contributed by atoms with Crippen molar-refractivity contribution in [2.24, 2.45) is 0 Å². The molecule has 0 amide bonds. The summed E-state index contributed by atoms with van der Waals surface area (Å²) in [4.78, 5) is 8.76. The van der Waals surface area contributed by atoms with E-state index in [-0.39, 0.29) is 6.04 Å². The van der Waals surface area contributed by atoms with Crippen LogP contribution in [0.25, 0.3) is 5.65 Å². The first-order valence-electron chi connectivity index (χ1n) is 6.50. The highest BCUT2D eigenvalue weighted by Gasteiger charge is 2.08. The second kappa shape index (κ2) is 5.73. The van der Waals surface area contributed by atoms with Crippen LogP contribution >= 0.6 is 15.9 Å². The van der Waals surface area contributed by atoms with Crippen molar-refractivity contribution in [3.8, 4) is 0 Å². The number of rotatable bonds is 4. The molecule has 0 radical (unpaired) electrons. The summed E-state index contributed by atoms with van der Waals surface area (Å²) in [5.41, 5.74) is 3.13. The van der Waals surface area contributed by atoms with Crippen molar-refractivity contribution < 1.29 is 0 Å². The smallest absolute Gasteiger partial charge is 0.136 e. The molecule has 3 rings (SSSR count). The van der Waals surface area contributed by atoms with E-state index in [0.717, 1.165) is 28.1 Å². The van der Waals surface area contributed by atoms with E-state index in [1.807, 2.05) is 48.9 Å². The summed E-state index contributed by atoms with van der Waals surface area (Å²) in [5, 5.41) is 3.47. The summed E-state index contributed by atoms with van der Waals surface area (Å²) in [7, 11) is 0. The molecule has 5 heteroatoms. The first kappa shape index (κ1) is 13.3. The Morgan fingerprint density at radius 2 is 2.15 bits per heavy atom. The molecule has 4 nitrogen and oxygen atoms in total. The molecule has 0 bridgehead atoms. The van der Waals surface area contributed by atoms with E-state index >= 15 is 0 Å². The zero-order valence-electron chi connectivity index (χ0n) is 11.1. The van der Waals surface area contributed by atoms with Gasteiger partial charge in [-0.3, -0.25) is 4.98 Å². The second-order valence-corrected chi connectivity index (χ2v) is 5.60. The minimum absolute atomic E-state index is 0.203. The van der Waals surface area contributed by atoms with Gasteiger partial charge in [0.15, 0.2) is 0 Å². The molecule has 0 spiro atoms. The van der Waals surface area contributed by atoms with Gasteiger partial charge in [-0.15, -0.1) is 0 Å². The van der Waals surface area contributed by atoms with Crippen molar-refractivity contribution in [1.82, 2.24) is 19.7 Å². The summed E-state index contributed by atoms with van der Waals surface area (Å²) < 4.78 is 3.13. The normalized spacial score (nSPS) is 12.7. The lowest BCUT2D eigenvalue weighted by molar-refractivity contribution is 0.553. The molecular weight excluding hydrogens is 316 g/mol. The quantitative estimate of drug-likeness (QED) is 0.797. The van der Waals surface area contributed by atoms with Crippen molar-refractivity contribution in [3.05, 3.63) is 64.8 Å². The van der Waals surface area contributed by atoms with Gasteiger partial charge in [0.05, 0.1) is 17.6 Å². The molecule has 0 saturated carbocycles. The Morgan fingerprint density at radius 3 is 2.95 bits per heavy atom. The van der Waals surface area contributed by atoms with E-state index in [1.165, 1.54) is 0 Å². The SMILES string of the molecule is C[C@@H](NCc1cnc2ccc(Br)cn12)c1ccccn1. The van der Waals surface area contributed by atoms with Gasteiger partial charge in [0.1, 0.15) is 5.65 Å². The molecular formula is C15H15BrN4. The Morgan fingerprint density at radius 1 is 1.25 bits per heavy atom. The largest absolute Gasteiger partial charge is 0.303 e. The number of nitrogens with one attached hydrogen (secondary N) is 1. The zero-order valence-corrected chi connectivity index (χ0v) is 12.7. The van der Waals surface area contributed by atoms with Crippen LogP contribution in [0.2, 0.25) is 0 Å². The van der Waals surface area contributed by atoms with Crippen molar-refractivity contribution in [1.29, 1.82) is 0 Å². The van der Waals surface area contributed by atoms with Crippen LogP contribution in [0.3, 0.4) is 0 Å². The van der Waals surface area contributed by atoms with E-state index in [0.29, 0.717) is 0 Å². The van der Waals surface area contributed by atoms with E-state index in [2.05, 4.69) is 42.5 Å². The summed E-state index contributed by atoms with van der Waals surface area (Å²) in [6, 6.07) is 10.2. The Bertz CT molecular complexity index is 708. The lowest BCUT2D eigenvalue weighted by Crippen LogP contribution is -2.19. The van der Waals surface area contributed by atoms with Gasteiger partial charge < -0.3 is 9.72 Å². The third-order valence-electron chi connectivity index (χ3n) is 3.27. The topological polar surface area (TPSA) is 42.2 Å². The van der Waals surface area contributed by atoms with E-state index in [1.54, 1.807) is 0 Å². The maximum absolute atomic E-state index is 4.40. The highest BCUT2D eigenvalue weighted by atomic mass is 79.9. The number of fused-ring (bicyclic) bond motifs is 1. The molecule has 0 aliphatic heterocycles. The lowest BCUT2D eigenvalue weighted by atomic mass is 10.2. The van der Waals surface area contributed by atoms with Crippen molar-refractivity contribution in [2.75, 3.05) is 0 Å². The standard InChI is InChI=1S/C15H15BrN4/c1-11(14-4-2-3-7-17-14)18-8-13-9-19-15-6-5-12(16)10-20(13)15/h2-7,9-11,18H,8H2,1H3/t11-/m1/s1. The molecule has 20 heavy (non-hydrogen) atoms. The maximum atomic E-state index is 4.40. The fourth-order valence-corrected chi connectivity index (χ4v) is 2.47. The van der Waals surface area contributed by atoms with Gasteiger partial charge in [0.2, 0.25) is 0 Å². The molecule has 0 fully saturated rings. The Kier molecular flexibility index (Phi) is 3.80. The maximum Gasteiger partial charge on any atom is 0.136 e. The number of hydrogen-bond donors (Lipinski definition) is 1. The fourth-order valence-electron chi connectivity index (χ4n) is 2.13. The van der Waals surface area contributed by atoms with Crippen LogP contribution in [0, 0.1) is 0 Å². The van der Waals surface area contributed by atoms with Gasteiger partial charge >= 0.3 is 0 Å². The second-order valence-electron chi connectivity index (χ2n) is 4.68. The molecule has 3 heterocycles. The van der Waals surface area contributed by atoms with Crippen LogP contribution in [0.4, 0.5) is 0 Å². The van der Waals surface area contributed by atoms with Gasteiger partial charge in [-0.2, -0.15) is 0 Å². The molecule has 0 saturated heterocycles. The van der Waals surface area contributed by atoms with Crippen molar-refractivity contribution >= 4 is 21.6 Å². The van der Waals surface area contributed by atoms with Crippen LogP contribution in [0.1, 0.15) is 24.4 Å². The van der Waals surface area contributed by atoms with Crippen molar-refractivity contribution in [2.45, 2.75) is 19.5 Å². The van der Waals surface area contributed by atoms with Crippen LogP contribution in [-0.2, 0) is 6.54 Å². The van der Waals surface area contributed by atoms with Crippen LogP contribution in [0.5, 0.6) is 0 Å². The van der Waals surface area contributed by atoms with E-state index in [4.69, 9.17) is 0 Å². The third kappa shape index (κ3) is 2.73. The highest BCUT2D eigenvalue weighted by Crippen LogP contribution is 2.15. The average Bonchev–Trinajstić information content (AvgIpc) is 2.88. The molecule has 0 aliphatic carbocycles. The monoisotopic (exact) mass is 330 g/mol. The van der Waals surface area contributed by atoms with Crippen LogP contribution in [0.15, 0.2) is 53.4 Å². The number of imidazole rings is 1. The molecule has 1 N–H and O–H groups in total. The molecule has 0 unspecified atom stereocenters. The summed E-state index contributed by atoms with van der Waals surface area (Å²) in [5.74, 6) is 0. The summed E-state index contributed by atoms with van der Waals surface area (Å²) in [6.45, 7) is 2.86. The van der Waals surface area contributed by atoms with Gasteiger partial charge in [-0.1, -0.05) is 6.07 Å². The van der Waals surface area contributed by atoms with Crippen LogP contribution < -0.4 is 5.32 Å². The van der Waals surface area contributed by atoms with Crippen LogP contribution in [-0.4, -0.2) is 14.4 Å². The minimum Gasteiger partial charge on any atom is -0.303 e. The predicted molar refractivity (Wildman–Crippen MR) is 82.4 cm³/mol. The molecule has 0 aromatic carbocycles. The Balaban J connectivity index is 1.75. The zero-order chi connectivity index (χ0) is 13.9. The van der Waals surface area contributed by atoms with Gasteiger partial charge in [0.25, 0.3) is 0 Å². The minimum atomic E-state index is 0.203. The Labute approximate surface area is 126 Å². The third-order valence-corrected chi connectivity index (χ3v) is 3.74. The summed E-state index contributed by atoms with van der Waals surface area (Å²) in [6.07, 6.45) is 5.75.